The molecular weight excluding hydrogens is 163 g/mol. The molecule has 0 amide bonds. The number of hydrogen-bond acceptors (Lipinski definition) is 2. The van der Waals surface area contributed by atoms with Crippen LogP contribution in [-0.4, -0.2) is 27.8 Å². The molecule has 0 radical (unpaired) electrons. The third kappa shape index (κ3) is 4.97. The number of aliphatic hydroxyl groups is 2. The van der Waals surface area contributed by atoms with Crippen molar-refractivity contribution in [3.05, 3.63) is 0 Å². The first kappa shape index (κ1) is 9.50. The first-order chi connectivity index (χ1) is 4.18. The Morgan fingerprint density at radius 3 is 2.22 bits per heavy atom. The summed E-state index contributed by atoms with van der Waals surface area (Å²) in [5.41, 5.74) is 0. The van der Waals surface area contributed by atoms with E-state index in [9.17, 15) is 0 Å². The van der Waals surface area contributed by atoms with Gasteiger partial charge in [0.2, 0.25) is 0 Å². The second kappa shape index (κ2) is 5.30. The van der Waals surface area contributed by atoms with E-state index in [0.717, 1.165) is 0 Å². The smallest absolute Gasteiger partial charge is 0.168 e. The summed E-state index contributed by atoms with van der Waals surface area (Å²) in [5.74, 6) is 0.510. The van der Waals surface area contributed by atoms with Crippen molar-refractivity contribution in [2.24, 2.45) is 0 Å². The van der Waals surface area contributed by atoms with Crippen molar-refractivity contribution >= 4 is 23.2 Å². The van der Waals surface area contributed by atoms with Gasteiger partial charge in [0.05, 0.1) is 5.38 Å². The predicted molar refractivity (Wildman–Crippen MR) is 37.8 cm³/mol. The number of rotatable bonds is 4. The molecule has 2 nitrogen and oxygen atoms in total. The maximum Gasteiger partial charge on any atom is 0.168 e. The van der Waals surface area contributed by atoms with E-state index < -0.39 is 11.7 Å². The molecule has 0 spiro atoms. The molecule has 56 valence electrons. The van der Waals surface area contributed by atoms with Crippen molar-refractivity contribution in [1.82, 2.24) is 0 Å². The van der Waals surface area contributed by atoms with E-state index in [4.69, 9.17) is 33.4 Å². The highest BCUT2D eigenvalue weighted by molar-refractivity contribution is 6.21. The van der Waals surface area contributed by atoms with Crippen LogP contribution in [0.2, 0.25) is 0 Å². The van der Waals surface area contributed by atoms with Crippen molar-refractivity contribution in [2.45, 2.75) is 24.5 Å². The lowest BCUT2D eigenvalue weighted by Crippen LogP contribution is -2.19. The van der Waals surface area contributed by atoms with Gasteiger partial charge in [-0.2, -0.15) is 0 Å². The van der Waals surface area contributed by atoms with Gasteiger partial charge < -0.3 is 10.2 Å². The number of halogens is 2. The van der Waals surface area contributed by atoms with Crippen molar-refractivity contribution in [3.8, 4) is 0 Å². The Labute approximate surface area is 64.4 Å². The van der Waals surface area contributed by atoms with Crippen molar-refractivity contribution < 1.29 is 10.2 Å². The minimum Gasteiger partial charge on any atom is -0.367 e. The van der Waals surface area contributed by atoms with E-state index in [-0.39, 0.29) is 0 Å². The molecule has 0 aromatic rings. The molecule has 2 N–H and O–H groups in total. The predicted octanol–water partition coefficient (Wildman–Crippen LogP) is 0.923. The van der Waals surface area contributed by atoms with E-state index in [1.165, 1.54) is 0 Å². The highest BCUT2D eigenvalue weighted by atomic mass is 35.5. The van der Waals surface area contributed by atoms with Crippen LogP contribution in [0.25, 0.3) is 0 Å². The third-order valence-corrected chi connectivity index (χ3v) is 1.65. The van der Waals surface area contributed by atoms with Crippen LogP contribution in [0.1, 0.15) is 12.8 Å². The fraction of sp³-hybridized carbons (Fsp3) is 1.00. The molecule has 0 aromatic carbocycles. The molecule has 0 rings (SSSR count). The van der Waals surface area contributed by atoms with Crippen LogP contribution in [0.15, 0.2) is 0 Å². The zero-order valence-corrected chi connectivity index (χ0v) is 6.44. The second-order valence-corrected chi connectivity index (χ2v) is 2.70. The zero-order chi connectivity index (χ0) is 7.28. The molecule has 0 aliphatic carbocycles. The summed E-state index contributed by atoms with van der Waals surface area (Å²) in [5, 5.41) is 16.3. The average Bonchev–Trinajstić information content (AvgIpc) is 1.82. The van der Waals surface area contributed by atoms with E-state index in [2.05, 4.69) is 0 Å². The largest absolute Gasteiger partial charge is 0.367 e. The number of hydrogen-bond donors (Lipinski definition) is 2. The van der Waals surface area contributed by atoms with Gasteiger partial charge in [0.25, 0.3) is 0 Å². The first-order valence-corrected chi connectivity index (χ1v) is 3.71. The molecule has 0 heterocycles. The fourth-order valence-corrected chi connectivity index (χ4v) is 0.730. The van der Waals surface area contributed by atoms with Gasteiger partial charge in [0, 0.05) is 5.88 Å². The molecule has 1 unspecified atom stereocenters. The monoisotopic (exact) mass is 172 g/mol. The Morgan fingerprint density at radius 2 is 1.89 bits per heavy atom. The molecule has 0 aliphatic heterocycles. The molecule has 9 heavy (non-hydrogen) atoms. The SMILES string of the molecule is OC(O)C(Cl)CCCCl. The minimum atomic E-state index is -1.42. The van der Waals surface area contributed by atoms with Crippen molar-refractivity contribution in [2.75, 3.05) is 5.88 Å². The van der Waals surface area contributed by atoms with Gasteiger partial charge in [-0.05, 0) is 12.8 Å². The Bertz CT molecular complexity index is 68.0. The Balaban J connectivity index is 3.16. The summed E-state index contributed by atoms with van der Waals surface area (Å²) in [4.78, 5) is 0. The minimum absolute atomic E-state index is 0.510. The molecule has 0 aliphatic rings. The topological polar surface area (TPSA) is 40.5 Å². The van der Waals surface area contributed by atoms with Gasteiger partial charge in [0.1, 0.15) is 0 Å². The molecule has 0 bridgehead atoms. The van der Waals surface area contributed by atoms with Gasteiger partial charge >= 0.3 is 0 Å². The van der Waals surface area contributed by atoms with Gasteiger partial charge in [-0.1, -0.05) is 0 Å². The van der Waals surface area contributed by atoms with Crippen LogP contribution < -0.4 is 0 Å². The summed E-state index contributed by atoms with van der Waals surface area (Å²) in [6.45, 7) is 0. The molecule has 0 aromatic heterocycles. The van der Waals surface area contributed by atoms with E-state index in [1.807, 2.05) is 0 Å². The van der Waals surface area contributed by atoms with E-state index >= 15 is 0 Å². The summed E-state index contributed by atoms with van der Waals surface area (Å²) >= 11 is 10.8. The fourth-order valence-electron chi connectivity index (χ4n) is 0.421. The van der Waals surface area contributed by atoms with Crippen LogP contribution in [0.4, 0.5) is 0 Å². The van der Waals surface area contributed by atoms with Crippen LogP contribution in [0, 0.1) is 0 Å². The van der Waals surface area contributed by atoms with Crippen LogP contribution in [0.5, 0.6) is 0 Å². The Morgan fingerprint density at radius 1 is 1.33 bits per heavy atom. The Kier molecular flexibility index (Phi) is 5.59. The van der Waals surface area contributed by atoms with E-state index in [0.29, 0.717) is 18.7 Å². The Hall–Kier alpha value is 0.500. The summed E-state index contributed by atoms with van der Waals surface area (Å²) < 4.78 is 0. The van der Waals surface area contributed by atoms with Crippen molar-refractivity contribution in [3.63, 3.8) is 0 Å². The molecule has 0 fully saturated rings. The maximum atomic E-state index is 8.43. The summed E-state index contributed by atoms with van der Waals surface area (Å²) in [6, 6.07) is 0. The van der Waals surface area contributed by atoms with Crippen LogP contribution in [-0.2, 0) is 0 Å². The quantitative estimate of drug-likeness (QED) is 0.490. The molecule has 0 saturated carbocycles. The third-order valence-electron chi connectivity index (χ3n) is 0.937. The number of aliphatic hydroxyl groups excluding tert-OH is 1. The summed E-state index contributed by atoms with van der Waals surface area (Å²) in [6.07, 6.45) is -0.161. The molecular formula is C5H10Cl2O2. The lowest BCUT2D eigenvalue weighted by atomic mass is 10.2. The summed E-state index contributed by atoms with van der Waals surface area (Å²) in [7, 11) is 0. The highest BCUT2D eigenvalue weighted by Crippen LogP contribution is 2.08. The highest BCUT2D eigenvalue weighted by Gasteiger charge is 2.11. The number of alkyl halides is 2. The first-order valence-electron chi connectivity index (χ1n) is 2.74. The van der Waals surface area contributed by atoms with Gasteiger partial charge in [0.15, 0.2) is 6.29 Å². The van der Waals surface area contributed by atoms with Crippen LogP contribution in [0.3, 0.4) is 0 Å². The zero-order valence-electron chi connectivity index (χ0n) is 4.93. The molecule has 0 saturated heterocycles. The van der Waals surface area contributed by atoms with Gasteiger partial charge in [-0.15, -0.1) is 23.2 Å². The molecule has 4 heteroatoms. The van der Waals surface area contributed by atoms with Crippen LogP contribution >= 0.6 is 23.2 Å². The lowest BCUT2D eigenvalue weighted by Gasteiger charge is -2.08. The lowest BCUT2D eigenvalue weighted by molar-refractivity contribution is -0.0429. The van der Waals surface area contributed by atoms with Crippen molar-refractivity contribution in [1.29, 1.82) is 0 Å². The van der Waals surface area contributed by atoms with Gasteiger partial charge in [-0.25, -0.2) is 0 Å². The molecule has 1 atom stereocenters. The average molecular weight is 173 g/mol. The normalized spacial score (nSPS) is 14.3. The maximum absolute atomic E-state index is 8.43. The second-order valence-electron chi connectivity index (χ2n) is 1.76. The standard InChI is InChI=1S/C5H10Cl2O2/c6-3-1-2-4(7)5(8)9/h4-5,8-9H,1-3H2. The van der Waals surface area contributed by atoms with E-state index in [1.54, 1.807) is 0 Å². The van der Waals surface area contributed by atoms with Gasteiger partial charge in [-0.3, -0.25) is 0 Å².